The van der Waals surface area contributed by atoms with Crippen molar-refractivity contribution >= 4 is 19.7 Å². The molecule has 5 unspecified atom stereocenters. The molecule has 1 aliphatic carbocycles. The van der Waals surface area contributed by atoms with Crippen LogP contribution < -0.4 is 5.32 Å². The van der Waals surface area contributed by atoms with Gasteiger partial charge in [0.2, 0.25) is 9.05 Å². The summed E-state index contributed by atoms with van der Waals surface area (Å²) in [7, 11) is 2.03. The second kappa shape index (κ2) is 3.32. The average Bonchev–Trinajstić information content (AvgIpc) is 2.89. The molecule has 2 saturated heterocycles. The maximum absolute atomic E-state index is 11.3. The monoisotopic (exact) mass is 251 g/mol. The molecule has 2 heterocycles. The van der Waals surface area contributed by atoms with Gasteiger partial charge in [-0.05, 0) is 31.6 Å². The molecule has 0 aromatic rings. The molecule has 1 N–H and O–H groups in total. The molecule has 0 aromatic carbocycles. The van der Waals surface area contributed by atoms with Gasteiger partial charge in [-0.25, -0.2) is 8.42 Å². The Kier molecular flexibility index (Phi) is 2.29. The number of rotatable bonds is 1. The molecule has 0 spiro atoms. The van der Waals surface area contributed by atoms with Gasteiger partial charge in [-0.1, -0.05) is 0 Å². The van der Waals surface area contributed by atoms with Gasteiger partial charge in [0, 0.05) is 16.7 Å². The standard InChI is InChI=1S/C9H14ClNO3S/c10-15(12,13)6-1-2-7-5(3-6)4-8-9(11-7)14-8/h5-9,11H,1-4H2. The van der Waals surface area contributed by atoms with Crippen LogP contribution >= 0.6 is 10.7 Å². The summed E-state index contributed by atoms with van der Waals surface area (Å²) in [5, 5.41) is 3.05. The molecule has 6 heteroatoms. The largest absolute Gasteiger partial charge is 0.353 e. The number of fused-ring (bicyclic) bond motifs is 2. The summed E-state index contributed by atoms with van der Waals surface area (Å²) in [6, 6.07) is 0.434. The van der Waals surface area contributed by atoms with Crippen LogP contribution in [0.15, 0.2) is 0 Å². The van der Waals surface area contributed by atoms with Gasteiger partial charge in [-0.3, -0.25) is 5.32 Å². The topological polar surface area (TPSA) is 58.7 Å². The SMILES string of the molecule is O=S(=O)(Cl)C1CCC2NC3OC3CC2C1. The van der Waals surface area contributed by atoms with E-state index in [1.165, 1.54) is 0 Å². The molecule has 3 fully saturated rings. The lowest BCUT2D eigenvalue weighted by molar-refractivity contribution is 0.223. The summed E-state index contributed by atoms with van der Waals surface area (Å²) >= 11 is 0. The highest BCUT2D eigenvalue weighted by Gasteiger charge is 2.50. The van der Waals surface area contributed by atoms with E-state index in [1.807, 2.05) is 0 Å². The first-order chi connectivity index (χ1) is 7.04. The van der Waals surface area contributed by atoms with Crippen molar-refractivity contribution in [3.8, 4) is 0 Å². The van der Waals surface area contributed by atoms with Crippen molar-refractivity contribution in [2.45, 2.75) is 49.3 Å². The summed E-state index contributed by atoms with van der Waals surface area (Å²) in [4.78, 5) is 0. The minimum atomic E-state index is -3.38. The molecule has 3 aliphatic rings. The molecule has 0 aromatic heterocycles. The van der Waals surface area contributed by atoms with E-state index in [2.05, 4.69) is 5.32 Å². The first-order valence-corrected chi connectivity index (χ1v) is 7.76. The summed E-state index contributed by atoms with van der Waals surface area (Å²) in [6.07, 6.45) is 3.82. The van der Waals surface area contributed by atoms with Gasteiger partial charge in [-0.2, -0.15) is 0 Å². The van der Waals surface area contributed by atoms with Gasteiger partial charge < -0.3 is 4.74 Å². The molecule has 86 valence electrons. The Balaban J connectivity index is 1.72. The number of ether oxygens (including phenoxy) is 1. The summed E-state index contributed by atoms with van der Waals surface area (Å²) < 4.78 is 27.9. The minimum absolute atomic E-state index is 0.246. The van der Waals surface area contributed by atoms with Crippen LogP contribution in [-0.2, 0) is 13.8 Å². The number of halogens is 1. The van der Waals surface area contributed by atoms with Crippen molar-refractivity contribution < 1.29 is 13.2 Å². The van der Waals surface area contributed by atoms with Crippen LogP contribution in [0.3, 0.4) is 0 Å². The predicted octanol–water partition coefficient (Wildman–Crippen LogP) is 0.810. The van der Waals surface area contributed by atoms with Crippen molar-refractivity contribution in [1.82, 2.24) is 5.32 Å². The fraction of sp³-hybridized carbons (Fsp3) is 1.00. The highest BCUT2D eigenvalue weighted by molar-refractivity contribution is 8.14. The zero-order chi connectivity index (χ0) is 10.6. The molecule has 3 rings (SSSR count). The molecule has 0 radical (unpaired) electrons. The van der Waals surface area contributed by atoms with Gasteiger partial charge >= 0.3 is 0 Å². The molecular formula is C9H14ClNO3S. The highest BCUT2D eigenvalue weighted by atomic mass is 35.7. The Morgan fingerprint density at radius 2 is 2.07 bits per heavy atom. The second-order valence-electron chi connectivity index (χ2n) is 4.77. The third kappa shape index (κ3) is 1.90. The van der Waals surface area contributed by atoms with E-state index in [-0.39, 0.29) is 11.5 Å². The Hall–Kier alpha value is 0.160. The lowest BCUT2D eigenvalue weighted by Gasteiger charge is -2.37. The Bertz CT molecular complexity index is 372. The summed E-state index contributed by atoms with van der Waals surface area (Å²) in [5.74, 6) is 0.418. The van der Waals surface area contributed by atoms with E-state index in [0.717, 1.165) is 12.8 Å². The second-order valence-corrected chi connectivity index (χ2v) is 7.68. The highest BCUT2D eigenvalue weighted by Crippen LogP contribution is 2.41. The van der Waals surface area contributed by atoms with Crippen molar-refractivity contribution in [3.05, 3.63) is 0 Å². The Morgan fingerprint density at radius 3 is 2.80 bits per heavy atom. The number of nitrogens with one attached hydrogen (secondary N) is 1. The van der Waals surface area contributed by atoms with Gasteiger partial charge in [0.25, 0.3) is 0 Å². The molecule has 4 nitrogen and oxygen atoms in total. The zero-order valence-electron chi connectivity index (χ0n) is 8.23. The maximum atomic E-state index is 11.3. The van der Waals surface area contributed by atoms with Crippen molar-refractivity contribution in [2.24, 2.45) is 5.92 Å². The zero-order valence-corrected chi connectivity index (χ0v) is 9.80. The van der Waals surface area contributed by atoms with Crippen LogP contribution in [0.4, 0.5) is 0 Å². The summed E-state index contributed by atoms with van der Waals surface area (Å²) in [6.45, 7) is 0. The number of epoxide rings is 1. The van der Waals surface area contributed by atoms with E-state index in [9.17, 15) is 8.42 Å². The third-order valence-electron chi connectivity index (χ3n) is 3.83. The van der Waals surface area contributed by atoms with Crippen LogP contribution in [0.5, 0.6) is 0 Å². The number of hydrogen-bond acceptors (Lipinski definition) is 4. The lowest BCUT2D eigenvalue weighted by atomic mass is 9.79. The average molecular weight is 252 g/mol. The Morgan fingerprint density at radius 1 is 1.27 bits per heavy atom. The van der Waals surface area contributed by atoms with E-state index < -0.39 is 9.05 Å². The quantitative estimate of drug-likeness (QED) is 0.554. The fourth-order valence-electron chi connectivity index (χ4n) is 2.93. The first kappa shape index (κ1) is 10.3. The third-order valence-corrected chi connectivity index (χ3v) is 5.81. The van der Waals surface area contributed by atoms with E-state index in [0.29, 0.717) is 30.9 Å². The van der Waals surface area contributed by atoms with Crippen LogP contribution in [0.1, 0.15) is 25.7 Å². The lowest BCUT2D eigenvalue weighted by Crippen LogP contribution is -2.48. The molecule has 1 saturated carbocycles. The van der Waals surface area contributed by atoms with Crippen LogP contribution in [0, 0.1) is 5.92 Å². The maximum Gasteiger partial charge on any atom is 0.235 e. The smallest absolute Gasteiger partial charge is 0.235 e. The van der Waals surface area contributed by atoms with E-state index in [1.54, 1.807) is 0 Å². The normalized spacial score (nSPS) is 49.3. The van der Waals surface area contributed by atoms with E-state index in [4.69, 9.17) is 15.4 Å². The van der Waals surface area contributed by atoms with Crippen LogP contribution in [0.2, 0.25) is 0 Å². The number of hydrogen-bond donors (Lipinski definition) is 1. The molecule has 0 bridgehead atoms. The number of piperidine rings is 1. The molecule has 2 aliphatic heterocycles. The van der Waals surface area contributed by atoms with Crippen LogP contribution in [0.25, 0.3) is 0 Å². The van der Waals surface area contributed by atoms with Gasteiger partial charge in [0.1, 0.15) is 6.23 Å². The van der Waals surface area contributed by atoms with Crippen molar-refractivity contribution in [1.29, 1.82) is 0 Å². The predicted molar refractivity (Wildman–Crippen MR) is 56.1 cm³/mol. The van der Waals surface area contributed by atoms with Gasteiger partial charge in [0.15, 0.2) is 0 Å². The molecular weight excluding hydrogens is 238 g/mol. The summed E-state index contributed by atoms with van der Waals surface area (Å²) in [5.41, 5.74) is 0. The van der Waals surface area contributed by atoms with Crippen molar-refractivity contribution in [3.63, 3.8) is 0 Å². The fourth-order valence-corrected chi connectivity index (χ4v) is 4.31. The first-order valence-electron chi connectivity index (χ1n) is 5.39. The van der Waals surface area contributed by atoms with Crippen molar-refractivity contribution in [2.75, 3.05) is 0 Å². The molecule has 5 atom stereocenters. The van der Waals surface area contributed by atoms with Gasteiger partial charge in [-0.15, -0.1) is 0 Å². The Labute approximate surface area is 93.7 Å². The van der Waals surface area contributed by atoms with Crippen LogP contribution in [-0.4, -0.2) is 32.0 Å². The minimum Gasteiger partial charge on any atom is -0.353 e. The van der Waals surface area contributed by atoms with Gasteiger partial charge in [0.05, 0.1) is 11.4 Å². The molecule has 0 amide bonds. The van der Waals surface area contributed by atoms with E-state index >= 15 is 0 Å². The molecule has 15 heavy (non-hydrogen) atoms.